The summed E-state index contributed by atoms with van der Waals surface area (Å²) in [5.41, 5.74) is 2.14. The summed E-state index contributed by atoms with van der Waals surface area (Å²) in [5.74, 6) is -0.898. The summed E-state index contributed by atoms with van der Waals surface area (Å²) in [6.45, 7) is 12.5. The summed E-state index contributed by atoms with van der Waals surface area (Å²) in [5, 5.41) is 0. The zero-order chi connectivity index (χ0) is 14.6. The maximum absolute atomic E-state index is 12.1. The molecule has 102 valence electrons. The first-order chi connectivity index (χ1) is 8.53. The summed E-state index contributed by atoms with van der Waals surface area (Å²) >= 11 is 0. The molecule has 0 saturated carbocycles. The van der Waals surface area contributed by atoms with Gasteiger partial charge in [0.15, 0.2) is 0 Å². The zero-order valence-corrected chi connectivity index (χ0v) is 12.4. The van der Waals surface area contributed by atoms with Crippen LogP contribution in [0.15, 0.2) is 12.1 Å². The first-order valence-corrected chi connectivity index (χ1v) is 6.48. The number of benzene rings is 1. The standard InChI is InChI=1S/C16H20O3/c1-15(2,3)9-7-8-10-11(12(9)16(4,5)6)13(17)14(18)19-10/h7-8H,1-6H3. The molecule has 0 atom stereocenters. The largest absolute Gasteiger partial charge is 0.420 e. The van der Waals surface area contributed by atoms with Gasteiger partial charge < -0.3 is 4.74 Å². The predicted octanol–water partition coefficient (Wildman–Crippen LogP) is 3.38. The molecule has 0 radical (unpaired) electrons. The van der Waals surface area contributed by atoms with Gasteiger partial charge in [-0.15, -0.1) is 0 Å². The second-order valence-corrected chi connectivity index (χ2v) is 7.08. The van der Waals surface area contributed by atoms with Crippen molar-refractivity contribution in [2.45, 2.75) is 52.4 Å². The highest BCUT2D eigenvalue weighted by molar-refractivity contribution is 6.44. The fourth-order valence-electron chi connectivity index (χ4n) is 2.55. The van der Waals surface area contributed by atoms with Gasteiger partial charge in [0.05, 0.1) is 5.56 Å². The van der Waals surface area contributed by atoms with Gasteiger partial charge in [0.25, 0.3) is 5.78 Å². The number of esters is 1. The molecule has 1 aliphatic heterocycles. The summed E-state index contributed by atoms with van der Waals surface area (Å²) < 4.78 is 5.03. The van der Waals surface area contributed by atoms with Crippen LogP contribution >= 0.6 is 0 Å². The second-order valence-electron chi connectivity index (χ2n) is 7.08. The molecule has 1 aromatic carbocycles. The van der Waals surface area contributed by atoms with E-state index in [9.17, 15) is 9.59 Å². The quantitative estimate of drug-likeness (QED) is 0.408. The Bertz CT molecular complexity index is 569. The minimum absolute atomic E-state index is 0.0937. The van der Waals surface area contributed by atoms with E-state index in [1.807, 2.05) is 26.8 Å². The first kappa shape index (κ1) is 13.8. The lowest BCUT2D eigenvalue weighted by molar-refractivity contribution is -0.128. The Hall–Kier alpha value is -1.64. The van der Waals surface area contributed by atoms with Crippen LogP contribution in [-0.2, 0) is 15.6 Å². The summed E-state index contributed by atoms with van der Waals surface area (Å²) in [4.78, 5) is 23.6. The third-order valence-electron chi connectivity index (χ3n) is 3.34. The number of fused-ring (bicyclic) bond motifs is 1. The highest BCUT2D eigenvalue weighted by Crippen LogP contribution is 2.42. The molecule has 0 amide bonds. The smallest absolute Gasteiger partial charge is 0.385 e. The second kappa shape index (κ2) is 3.92. The molecular formula is C16H20O3. The first-order valence-electron chi connectivity index (χ1n) is 6.48. The molecule has 0 N–H and O–H groups in total. The molecule has 2 rings (SSSR count). The van der Waals surface area contributed by atoms with Gasteiger partial charge in [0.1, 0.15) is 5.75 Å². The van der Waals surface area contributed by atoms with E-state index in [1.54, 1.807) is 6.07 Å². The number of carbonyl (C=O) groups excluding carboxylic acids is 2. The summed E-state index contributed by atoms with van der Waals surface area (Å²) in [7, 11) is 0. The number of hydrogen-bond donors (Lipinski definition) is 0. The number of carbonyl (C=O) groups is 2. The molecular weight excluding hydrogens is 240 g/mol. The summed E-state index contributed by atoms with van der Waals surface area (Å²) in [6, 6.07) is 3.69. The topological polar surface area (TPSA) is 43.4 Å². The Morgan fingerprint density at radius 2 is 1.47 bits per heavy atom. The lowest BCUT2D eigenvalue weighted by Crippen LogP contribution is -2.25. The van der Waals surface area contributed by atoms with Crippen LogP contribution in [0.1, 0.15) is 63.0 Å². The molecule has 3 heteroatoms. The van der Waals surface area contributed by atoms with Crippen molar-refractivity contribution in [3.63, 3.8) is 0 Å². The van der Waals surface area contributed by atoms with Crippen LogP contribution in [0.4, 0.5) is 0 Å². The van der Waals surface area contributed by atoms with Crippen molar-refractivity contribution in [2.24, 2.45) is 0 Å². The Morgan fingerprint density at radius 1 is 0.895 bits per heavy atom. The Morgan fingerprint density at radius 3 is 1.95 bits per heavy atom. The van der Waals surface area contributed by atoms with Crippen LogP contribution in [0, 0.1) is 0 Å². The fraction of sp³-hybridized carbons (Fsp3) is 0.500. The van der Waals surface area contributed by atoms with E-state index in [1.165, 1.54) is 0 Å². The highest BCUT2D eigenvalue weighted by atomic mass is 16.5. The number of ketones is 1. The van der Waals surface area contributed by atoms with E-state index in [2.05, 4.69) is 20.8 Å². The van der Waals surface area contributed by atoms with Crippen molar-refractivity contribution in [1.82, 2.24) is 0 Å². The number of Topliss-reactive ketones (excluding diaryl/α,β-unsaturated/α-hetero) is 1. The van der Waals surface area contributed by atoms with Gasteiger partial charge >= 0.3 is 5.97 Å². The maximum atomic E-state index is 12.1. The van der Waals surface area contributed by atoms with Gasteiger partial charge in [-0.1, -0.05) is 47.6 Å². The maximum Gasteiger partial charge on any atom is 0.385 e. The average Bonchev–Trinajstić information content (AvgIpc) is 2.51. The van der Waals surface area contributed by atoms with Gasteiger partial charge in [0.2, 0.25) is 0 Å². The average molecular weight is 260 g/mol. The highest BCUT2D eigenvalue weighted by Gasteiger charge is 2.39. The third-order valence-corrected chi connectivity index (χ3v) is 3.34. The zero-order valence-electron chi connectivity index (χ0n) is 12.4. The van der Waals surface area contributed by atoms with E-state index in [4.69, 9.17) is 4.74 Å². The van der Waals surface area contributed by atoms with Gasteiger partial charge in [-0.2, -0.15) is 0 Å². The molecule has 1 aliphatic rings. The SMILES string of the molecule is CC(C)(C)c1ccc2c(c1C(C)(C)C)C(=O)C(=O)O2. The van der Waals surface area contributed by atoms with Crippen LogP contribution in [0.3, 0.4) is 0 Å². The van der Waals surface area contributed by atoms with Crippen molar-refractivity contribution in [1.29, 1.82) is 0 Å². The lowest BCUT2D eigenvalue weighted by atomic mass is 9.72. The molecule has 0 spiro atoms. The van der Waals surface area contributed by atoms with E-state index < -0.39 is 11.8 Å². The molecule has 0 saturated heterocycles. The molecule has 0 bridgehead atoms. The monoisotopic (exact) mass is 260 g/mol. The van der Waals surface area contributed by atoms with Crippen molar-refractivity contribution < 1.29 is 14.3 Å². The molecule has 19 heavy (non-hydrogen) atoms. The Balaban J connectivity index is 2.83. The van der Waals surface area contributed by atoms with Crippen LogP contribution in [0.25, 0.3) is 0 Å². The normalized spacial score (nSPS) is 15.5. The van der Waals surface area contributed by atoms with Crippen LogP contribution in [0.2, 0.25) is 0 Å². The van der Waals surface area contributed by atoms with Gasteiger partial charge in [0, 0.05) is 0 Å². The van der Waals surface area contributed by atoms with Gasteiger partial charge in [-0.25, -0.2) is 4.79 Å². The molecule has 0 unspecified atom stereocenters. The van der Waals surface area contributed by atoms with Gasteiger partial charge in [-0.05, 0) is 28.0 Å². The van der Waals surface area contributed by atoms with Crippen LogP contribution in [-0.4, -0.2) is 11.8 Å². The molecule has 0 aliphatic carbocycles. The predicted molar refractivity (Wildman–Crippen MR) is 73.8 cm³/mol. The molecule has 3 nitrogen and oxygen atoms in total. The van der Waals surface area contributed by atoms with E-state index in [0.717, 1.165) is 11.1 Å². The fourth-order valence-corrected chi connectivity index (χ4v) is 2.55. The number of hydrogen-bond acceptors (Lipinski definition) is 3. The van der Waals surface area contributed by atoms with Crippen molar-refractivity contribution in [3.8, 4) is 5.75 Å². The van der Waals surface area contributed by atoms with Gasteiger partial charge in [-0.3, -0.25) is 4.79 Å². The molecule has 0 aromatic heterocycles. The van der Waals surface area contributed by atoms with E-state index in [-0.39, 0.29) is 10.8 Å². The third kappa shape index (κ3) is 2.18. The van der Waals surface area contributed by atoms with Crippen molar-refractivity contribution in [2.75, 3.05) is 0 Å². The van der Waals surface area contributed by atoms with Crippen LogP contribution < -0.4 is 4.74 Å². The minimum Gasteiger partial charge on any atom is -0.420 e. The minimum atomic E-state index is -0.772. The van der Waals surface area contributed by atoms with Crippen molar-refractivity contribution >= 4 is 11.8 Å². The van der Waals surface area contributed by atoms with E-state index >= 15 is 0 Å². The number of ether oxygens (including phenoxy) is 1. The molecule has 0 fully saturated rings. The Labute approximate surface area is 114 Å². The molecule has 1 aromatic rings. The lowest BCUT2D eigenvalue weighted by Gasteiger charge is -2.31. The van der Waals surface area contributed by atoms with Crippen LogP contribution in [0.5, 0.6) is 5.75 Å². The van der Waals surface area contributed by atoms with E-state index in [0.29, 0.717) is 11.3 Å². The van der Waals surface area contributed by atoms with Crippen molar-refractivity contribution in [3.05, 3.63) is 28.8 Å². The summed E-state index contributed by atoms with van der Waals surface area (Å²) in [6.07, 6.45) is 0. The number of rotatable bonds is 0. The Kier molecular flexibility index (Phi) is 2.85. The molecule has 1 heterocycles.